The van der Waals surface area contributed by atoms with E-state index < -0.39 is 18.2 Å². The Morgan fingerprint density at radius 3 is 2.52 bits per heavy atom. The number of unbranched alkanes of at least 4 members (excludes halogenated alkanes) is 3. The van der Waals surface area contributed by atoms with Crippen LogP contribution in [0.15, 0.2) is 40.4 Å². The molecule has 1 fully saturated rings. The SMILES string of the molecule is O=NC1C[C@H](O)[C@H](CCCCCCC(=O)O)[C@H]1CCC(O)CSc1ccccc1. The van der Waals surface area contributed by atoms with Gasteiger partial charge in [0.25, 0.3) is 0 Å². The first-order chi connectivity index (χ1) is 14.0. The van der Waals surface area contributed by atoms with Crippen LogP contribution in [-0.4, -0.2) is 45.3 Å². The van der Waals surface area contributed by atoms with E-state index in [-0.39, 0.29) is 24.3 Å². The van der Waals surface area contributed by atoms with Crippen molar-refractivity contribution in [3.63, 3.8) is 0 Å². The lowest BCUT2D eigenvalue weighted by Gasteiger charge is -2.24. The number of rotatable bonds is 14. The highest BCUT2D eigenvalue weighted by Crippen LogP contribution is 2.41. The predicted molar refractivity (Wildman–Crippen MR) is 115 cm³/mol. The van der Waals surface area contributed by atoms with Crippen LogP contribution < -0.4 is 0 Å². The van der Waals surface area contributed by atoms with Crippen molar-refractivity contribution < 1.29 is 20.1 Å². The molecule has 7 heteroatoms. The molecule has 0 heterocycles. The van der Waals surface area contributed by atoms with Crippen LogP contribution in [0.4, 0.5) is 0 Å². The third kappa shape index (κ3) is 8.44. The summed E-state index contributed by atoms with van der Waals surface area (Å²) < 4.78 is 0. The highest BCUT2D eigenvalue weighted by molar-refractivity contribution is 7.99. The van der Waals surface area contributed by atoms with E-state index in [4.69, 9.17) is 5.11 Å². The fourth-order valence-corrected chi connectivity index (χ4v) is 5.19. The lowest BCUT2D eigenvalue weighted by Crippen LogP contribution is -2.23. The second-order valence-electron chi connectivity index (χ2n) is 8.01. The molecule has 1 aliphatic rings. The first-order valence-corrected chi connectivity index (χ1v) is 11.6. The van der Waals surface area contributed by atoms with E-state index >= 15 is 0 Å². The topological polar surface area (TPSA) is 107 Å². The molecule has 0 aromatic heterocycles. The lowest BCUT2D eigenvalue weighted by molar-refractivity contribution is -0.137. The molecule has 3 N–H and O–H groups in total. The molecule has 0 saturated heterocycles. The molecule has 6 nitrogen and oxygen atoms in total. The number of carbonyl (C=O) groups is 1. The van der Waals surface area contributed by atoms with Crippen LogP contribution in [0.3, 0.4) is 0 Å². The monoisotopic (exact) mass is 423 g/mol. The number of hydrogen-bond acceptors (Lipinski definition) is 6. The van der Waals surface area contributed by atoms with Crippen LogP contribution in [0.25, 0.3) is 0 Å². The number of aliphatic carboxylic acids is 1. The van der Waals surface area contributed by atoms with Crippen LogP contribution in [0.1, 0.15) is 57.8 Å². The lowest BCUT2D eigenvalue weighted by atomic mass is 9.84. The summed E-state index contributed by atoms with van der Waals surface area (Å²) in [5, 5.41) is 32.7. The molecule has 1 saturated carbocycles. The normalized spacial score (nSPS) is 25.0. The number of benzene rings is 1. The zero-order valence-electron chi connectivity index (χ0n) is 16.9. The third-order valence-corrected chi connectivity index (χ3v) is 7.01. The molecular weight excluding hydrogens is 390 g/mol. The van der Waals surface area contributed by atoms with E-state index in [2.05, 4.69) is 5.18 Å². The van der Waals surface area contributed by atoms with Gasteiger partial charge in [0, 0.05) is 17.1 Å². The second-order valence-corrected chi connectivity index (χ2v) is 9.10. The molecule has 162 valence electrons. The zero-order valence-corrected chi connectivity index (χ0v) is 17.7. The molecule has 2 unspecified atom stereocenters. The Balaban J connectivity index is 1.75. The second kappa shape index (κ2) is 13.0. The van der Waals surface area contributed by atoms with Crippen molar-refractivity contribution >= 4 is 17.7 Å². The van der Waals surface area contributed by atoms with Crippen molar-refractivity contribution in [3.05, 3.63) is 35.2 Å². The number of carboxylic acids is 1. The van der Waals surface area contributed by atoms with Gasteiger partial charge in [-0.05, 0) is 56.1 Å². The van der Waals surface area contributed by atoms with Gasteiger partial charge in [-0.25, -0.2) is 0 Å². The number of aliphatic hydroxyl groups excluding tert-OH is 2. The van der Waals surface area contributed by atoms with E-state index in [0.717, 1.165) is 30.6 Å². The number of thioether (sulfide) groups is 1. The number of hydrogen-bond donors (Lipinski definition) is 3. The molecule has 0 amide bonds. The summed E-state index contributed by atoms with van der Waals surface area (Å²) in [6.45, 7) is 0. The summed E-state index contributed by atoms with van der Waals surface area (Å²) in [5.74, 6) is -0.114. The third-order valence-electron chi connectivity index (χ3n) is 5.85. The first-order valence-electron chi connectivity index (χ1n) is 10.6. The van der Waals surface area contributed by atoms with E-state index in [1.54, 1.807) is 11.8 Å². The fourth-order valence-electron chi connectivity index (χ4n) is 4.29. The summed E-state index contributed by atoms with van der Waals surface area (Å²) >= 11 is 1.62. The van der Waals surface area contributed by atoms with Gasteiger partial charge >= 0.3 is 5.97 Å². The Bertz CT molecular complexity index is 614. The molecule has 1 aromatic carbocycles. The van der Waals surface area contributed by atoms with E-state index in [9.17, 15) is 19.9 Å². The molecule has 0 spiro atoms. The summed E-state index contributed by atoms with van der Waals surface area (Å²) in [7, 11) is 0. The van der Waals surface area contributed by atoms with Gasteiger partial charge in [0.1, 0.15) is 0 Å². The van der Waals surface area contributed by atoms with Crippen LogP contribution in [0.2, 0.25) is 0 Å². The van der Waals surface area contributed by atoms with Gasteiger partial charge in [0.05, 0.1) is 18.2 Å². The van der Waals surface area contributed by atoms with Gasteiger partial charge in [-0.2, -0.15) is 4.91 Å². The van der Waals surface area contributed by atoms with Crippen molar-refractivity contribution in [1.82, 2.24) is 0 Å². The highest BCUT2D eigenvalue weighted by Gasteiger charge is 2.42. The van der Waals surface area contributed by atoms with Crippen LogP contribution in [-0.2, 0) is 4.79 Å². The molecule has 0 aliphatic heterocycles. The Labute approximate surface area is 177 Å². The van der Waals surface area contributed by atoms with E-state index in [1.165, 1.54) is 0 Å². The zero-order chi connectivity index (χ0) is 21.1. The number of aliphatic hydroxyl groups is 2. The average molecular weight is 424 g/mol. The minimum Gasteiger partial charge on any atom is -0.481 e. The van der Waals surface area contributed by atoms with Gasteiger partial charge in [-0.3, -0.25) is 4.79 Å². The number of nitroso groups, excluding NO2 is 1. The van der Waals surface area contributed by atoms with Crippen LogP contribution >= 0.6 is 11.8 Å². The highest BCUT2D eigenvalue weighted by atomic mass is 32.2. The molecule has 0 radical (unpaired) electrons. The Morgan fingerprint density at radius 1 is 1.10 bits per heavy atom. The van der Waals surface area contributed by atoms with Crippen molar-refractivity contribution in [3.8, 4) is 0 Å². The smallest absolute Gasteiger partial charge is 0.303 e. The minimum absolute atomic E-state index is 0.0119. The van der Waals surface area contributed by atoms with Gasteiger partial charge in [0.15, 0.2) is 0 Å². The molecule has 1 aromatic rings. The van der Waals surface area contributed by atoms with Crippen molar-refractivity contribution in [1.29, 1.82) is 0 Å². The Hall–Kier alpha value is -1.44. The van der Waals surface area contributed by atoms with E-state index in [1.807, 2.05) is 30.3 Å². The van der Waals surface area contributed by atoms with Gasteiger partial charge < -0.3 is 15.3 Å². The Kier molecular flexibility index (Phi) is 10.7. The molecule has 2 rings (SSSR count). The van der Waals surface area contributed by atoms with E-state index in [0.29, 0.717) is 31.4 Å². The van der Waals surface area contributed by atoms with Crippen LogP contribution in [0.5, 0.6) is 0 Å². The Morgan fingerprint density at radius 2 is 1.83 bits per heavy atom. The molecule has 29 heavy (non-hydrogen) atoms. The molecular formula is C22H33NO5S. The van der Waals surface area contributed by atoms with Crippen molar-refractivity contribution in [2.45, 2.75) is 80.9 Å². The maximum absolute atomic E-state index is 11.3. The molecule has 5 atom stereocenters. The van der Waals surface area contributed by atoms with Gasteiger partial charge in [0.2, 0.25) is 0 Å². The van der Waals surface area contributed by atoms with Crippen LogP contribution in [0, 0.1) is 16.7 Å². The minimum atomic E-state index is -0.764. The van der Waals surface area contributed by atoms with Crippen molar-refractivity contribution in [2.75, 3.05) is 5.75 Å². The predicted octanol–water partition coefficient (Wildman–Crippen LogP) is 4.48. The summed E-state index contributed by atoms with van der Waals surface area (Å²) in [6.07, 6.45) is 5.12. The maximum Gasteiger partial charge on any atom is 0.303 e. The number of carboxylic acid groups (broad SMARTS) is 1. The summed E-state index contributed by atoms with van der Waals surface area (Å²) in [6, 6.07) is 9.57. The average Bonchev–Trinajstić information content (AvgIpc) is 3.02. The number of nitrogens with zero attached hydrogens (tertiary/aromatic N) is 1. The quantitative estimate of drug-likeness (QED) is 0.231. The molecule has 1 aliphatic carbocycles. The standard InChI is InChI=1S/C22H33NO5S/c24-16(15-29-17-8-4-3-5-9-17)12-13-18-19(21(25)14-20(18)23-28)10-6-1-2-7-11-22(26)27/h3-5,8-9,16,18-21,24-25H,1-2,6-7,10-15H2,(H,26,27)/t16?,18-,19-,20?,21+/m1/s1. The van der Waals surface area contributed by atoms with Crippen molar-refractivity contribution in [2.24, 2.45) is 17.0 Å². The largest absolute Gasteiger partial charge is 0.481 e. The summed E-state index contributed by atoms with van der Waals surface area (Å²) in [4.78, 5) is 22.9. The molecule has 0 bridgehead atoms. The summed E-state index contributed by atoms with van der Waals surface area (Å²) in [5.41, 5.74) is 0. The van der Waals surface area contributed by atoms with Gasteiger partial charge in [-0.15, -0.1) is 11.8 Å². The fraction of sp³-hybridized carbons (Fsp3) is 0.682. The first kappa shape index (κ1) is 23.8. The maximum atomic E-state index is 11.3. The van der Waals surface area contributed by atoms with Gasteiger partial charge in [-0.1, -0.05) is 42.6 Å².